The van der Waals surface area contributed by atoms with Crippen molar-refractivity contribution in [2.24, 2.45) is 5.41 Å². The molecule has 1 aliphatic carbocycles. The number of aromatic amines is 1. The van der Waals surface area contributed by atoms with Gasteiger partial charge in [0.25, 0.3) is 21.6 Å². The van der Waals surface area contributed by atoms with Crippen molar-refractivity contribution >= 4 is 55.5 Å². The molecule has 316 valence electrons. The normalized spacial score (nSPS) is 17.4. The number of hydrogen-bond donors (Lipinski definition) is 3. The molecule has 13 nitrogen and oxygen atoms in total. The predicted molar refractivity (Wildman–Crippen MR) is 238 cm³/mol. The first-order valence-electron chi connectivity index (χ1n) is 20.3. The largest absolute Gasteiger partial charge is 0.456 e. The zero-order valence-electron chi connectivity index (χ0n) is 34.2. The summed E-state index contributed by atoms with van der Waals surface area (Å²) in [5.41, 5.74) is 4.56. The van der Waals surface area contributed by atoms with Gasteiger partial charge < -0.3 is 24.8 Å². The SMILES string of the molecule is CN(C)CCCNc1ccc(S(=O)(=O)NC(=O)c2ccc(N3CCN(CC4=CCC(C)(Cc5ccc(Cl)cc5)CC4)CC3)cc2Oc2ccc3[nH]ccc3c2)cc1[N+](=O)[O-]. The molecule has 1 aromatic heterocycles. The second kappa shape index (κ2) is 18.5. The zero-order valence-corrected chi connectivity index (χ0v) is 35.8. The third-order valence-electron chi connectivity index (χ3n) is 11.4. The van der Waals surface area contributed by atoms with E-state index in [1.165, 1.54) is 23.3 Å². The number of H-pyrrole nitrogens is 1. The number of aromatic nitrogens is 1. The molecule has 3 N–H and O–H groups in total. The highest BCUT2D eigenvalue weighted by Gasteiger charge is 2.30. The molecule has 1 amide bonds. The molecule has 2 heterocycles. The van der Waals surface area contributed by atoms with E-state index in [0.717, 1.165) is 99.1 Å². The molecule has 5 aromatic rings. The van der Waals surface area contributed by atoms with Gasteiger partial charge in [-0.3, -0.25) is 19.8 Å². The molecule has 0 saturated carbocycles. The molecule has 1 aliphatic heterocycles. The lowest BCUT2D eigenvalue weighted by Crippen LogP contribution is -2.47. The van der Waals surface area contributed by atoms with Crippen molar-refractivity contribution in [1.29, 1.82) is 0 Å². The van der Waals surface area contributed by atoms with E-state index in [9.17, 15) is 23.3 Å². The number of amides is 1. The summed E-state index contributed by atoms with van der Waals surface area (Å²) >= 11 is 6.11. The Kier molecular flexibility index (Phi) is 13.1. The van der Waals surface area contributed by atoms with Crippen LogP contribution in [-0.2, 0) is 16.4 Å². The minimum Gasteiger partial charge on any atom is -0.456 e. The predicted octanol–water partition coefficient (Wildman–Crippen LogP) is 8.49. The van der Waals surface area contributed by atoms with E-state index in [4.69, 9.17) is 16.3 Å². The van der Waals surface area contributed by atoms with Crippen molar-refractivity contribution in [2.45, 2.75) is 43.9 Å². The Hall–Kier alpha value is -5.41. The number of nitrogens with one attached hydrogen (secondary N) is 3. The fourth-order valence-electron chi connectivity index (χ4n) is 7.94. The van der Waals surface area contributed by atoms with Crippen LogP contribution in [0.15, 0.2) is 108 Å². The lowest BCUT2D eigenvalue weighted by molar-refractivity contribution is -0.384. The summed E-state index contributed by atoms with van der Waals surface area (Å²) in [7, 11) is -0.660. The van der Waals surface area contributed by atoms with Gasteiger partial charge in [0.05, 0.1) is 15.4 Å². The minimum atomic E-state index is -4.52. The van der Waals surface area contributed by atoms with Crippen molar-refractivity contribution < 1.29 is 22.9 Å². The van der Waals surface area contributed by atoms with Gasteiger partial charge in [0.15, 0.2) is 0 Å². The number of carbonyl (C=O) groups is 1. The fraction of sp³-hybridized carbons (Fsp3) is 0.356. The van der Waals surface area contributed by atoms with Gasteiger partial charge in [0.1, 0.15) is 17.2 Å². The summed E-state index contributed by atoms with van der Waals surface area (Å²) in [4.78, 5) is 34.6. The highest BCUT2D eigenvalue weighted by Crippen LogP contribution is 2.39. The molecule has 4 aromatic carbocycles. The van der Waals surface area contributed by atoms with E-state index in [2.05, 4.69) is 50.0 Å². The highest BCUT2D eigenvalue weighted by molar-refractivity contribution is 7.90. The molecule has 0 bridgehead atoms. The van der Waals surface area contributed by atoms with Gasteiger partial charge in [-0.25, -0.2) is 13.1 Å². The molecular weight excluding hydrogens is 802 g/mol. The first-order chi connectivity index (χ1) is 28.7. The number of halogens is 1. The standard InChI is InChI=1S/C45H52ClN7O6S/c1-45(30-32-5-7-35(46)8-6-32)18-15-33(16-19-45)31-51-23-25-52(26-24-51)36-9-12-39(43(28-36)59-37-10-13-40-34(27-37)17-21-48-40)44(54)49-60(57,58)38-11-14-41(42(29-38)53(55)56)47-20-4-22-50(2)3/h5-15,17,21,27-29,47-48H,4,16,18-20,22-26,30-31H2,1-3H3,(H,49,54). The van der Waals surface area contributed by atoms with Crippen LogP contribution in [0.25, 0.3) is 10.9 Å². The molecule has 7 rings (SSSR count). The van der Waals surface area contributed by atoms with E-state index >= 15 is 0 Å². The number of hydrogen-bond acceptors (Lipinski definition) is 10. The van der Waals surface area contributed by atoms with Crippen LogP contribution in [0.5, 0.6) is 11.5 Å². The van der Waals surface area contributed by atoms with Gasteiger partial charge >= 0.3 is 0 Å². The monoisotopic (exact) mass is 853 g/mol. The summed E-state index contributed by atoms with van der Waals surface area (Å²) < 4.78 is 35.6. The summed E-state index contributed by atoms with van der Waals surface area (Å²) in [5, 5.41) is 16.6. The van der Waals surface area contributed by atoms with Gasteiger partial charge in [-0.15, -0.1) is 0 Å². The van der Waals surface area contributed by atoms with E-state index in [1.54, 1.807) is 24.3 Å². The number of benzene rings is 4. The van der Waals surface area contributed by atoms with E-state index in [0.29, 0.717) is 12.3 Å². The van der Waals surface area contributed by atoms with Gasteiger partial charge in [0.2, 0.25) is 0 Å². The quantitative estimate of drug-likeness (QED) is 0.0381. The number of piperazine rings is 1. The Balaban J connectivity index is 1.04. The van der Waals surface area contributed by atoms with Crippen molar-refractivity contribution in [3.63, 3.8) is 0 Å². The summed E-state index contributed by atoms with van der Waals surface area (Å²) in [6, 6.07) is 24.3. The molecule has 1 fully saturated rings. The fourth-order valence-corrected chi connectivity index (χ4v) is 9.05. The third kappa shape index (κ3) is 10.7. The maximum atomic E-state index is 13.8. The van der Waals surface area contributed by atoms with Crippen molar-refractivity contribution in [2.75, 3.05) is 70.1 Å². The van der Waals surface area contributed by atoms with Crippen LogP contribution in [0.3, 0.4) is 0 Å². The maximum absolute atomic E-state index is 13.8. The number of nitro groups is 1. The molecular formula is C45H52ClN7O6S. The number of sulfonamides is 1. The molecule has 1 unspecified atom stereocenters. The number of nitro benzene ring substituents is 1. The maximum Gasteiger partial charge on any atom is 0.293 e. The number of ether oxygens (including phenoxy) is 1. The van der Waals surface area contributed by atoms with Gasteiger partial charge in [-0.2, -0.15) is 0 Å². The van der Waals surface area contributed by atoms with Crippen LogP contribution in [-0.4, -0.2) is 93.9 Å². The average Bonchev–Trinajstić information content (AvgIpc) is 3.69. The Morgan fingerprint density at radius 3 is 2.50 bits per heavy atom. The van der Waals surface area contributed by atoms with Gasteiger partial charge in [-0.05, 0) is 124 Å². The van der Waals surface area contributed by atoms with Crippen molar-refractivity contribution in [3.8, 4) is 11.5 Å². The Labute approximate surface area is 356 Å². The van der Waals surface area contributed by atoms with Gasteiger partial charge in [-0.1, -0.05) is 42.3 Å². The lowest BCUT2D eigenvalue weighted by Gasteiger charge is -2.38. The molecule has 15 heteroatoms. The number of allylic oxidation sites excluding steroid dienone is 1. The summed E-state index contributed by atoms with van der Waals surface area (Å²) in [6.45, 7) is 7.78. The number of anilines is 2. The minimum absolute atomic E-state index is 0.00361. The lowest BCUT2D eigenvalue weighted by atomic mass is 9.72. The van der Waals surface area contributed by atoms with E-state index in [1.807, 2.05) is 55.5 Å². The molecule has 60 heavy (non-hydrogen) atoms. The Bertz CT molecular complexity index is 2480. The summed E-state index contributed by atoms with van der Waals surface area (Å²) in [6.07, 6.45) is 9.29. The highest BCUT2D eigenvalue weighted by atomic mass is 35.5. The van der Waals surface area contributed by atoms with Crippen LogP contribution in [0.1, 0.15) is 48.5 Å². The van der Waals surface area contributed by atoms with Crippen LogP contribution >= 0.6 is 11.6 Å². The molecule has 0 spiro atoms. The second-order valence-corrected chi connectivity index (χ2v) is 18.5. The zero-order chi connectivity index (χ0) is 42.4. The first-order valence-corrected chi connectivity index (χ1v) is 22.1. The van der Waals surface area contributed by atoms with Crippen molar-refractivity contribution in [1.82, 2.24) is 19.5 Å². The van der Waals surface area contributed by atoms with Gasteiger partial charge in [0, 0.05) is 79.2 Å². The third-order valence-corrected chi connectivity index (χ3v) is 13.0. The van der Waals surface area contributed by atoms with Crippen LogP contribution in [0, 0.1) is 15.5 Å². The van der Waals surface area contributed by atoms with Crippen molar-refractivity contribution in [3.05, 3.63) is 129 Å². The number of nitrogens with zero attached hydrogens (tertiary/aromatic N) is 4. The van der Waals surface area contributed by atoms with Crippen LogP contribution < -0.4 is 19.7 Å². The van der Waals surface area contributed by atoms with Crippen LogP contribution in [0.2, 0.25) is 5.02 Å². The Morgan fingerprint density at radius 2 is 1.78 bits per heavy atom. The number of carbonyl (C=O) groups excluding carboxylic acids is 1. The second-order valence-electron chi connectivity index (χ2n) is 16.4. The smallest absolute Gasteiger partial charge is 0.293 e. The number of fused-ring (bicyclic) bond motifs is 1. The molecule has 1 saturated heterocycles. The molecule has 1 atom stereocenters. The molecule has 0 radical (unpaired) electrons. The molecule has 2 aliphatic rings. The Morgan fingerprint density at radius 1 is 1.00 bits per heavy atom. The summed E-state index contributed by atoms with van der Waals surface area (Å²) in [5.74, 6) is -0.285. The topological polar surface area (TPSA) is 153 Å². The van der Waals surface area contributed by atoms with Crippen LogP contribution in [0.4, 0.5) is 17.1 Å². The number of rotatable bonds is 16. The van der Waals surface area contributed by atoms with E-state index < -0.39 is 31.4 Å². The van der Waals surface area contributed by atoms with E-state index in [-0.39, 0.29) is 22.4 Å². The average molecular weight is 854 g/mol. The first kappa shape index (κ1) is 42.7.